The highest BCUT2D eigenvalue weighted by atomic mass is 16.7. The van der Waals surface area contributed by atoms with Crippen molar-refractivity contribution in [2.24, 2.45) is 0 Å². The maximum atomic E-state index is 11.8. The van der Waals surface area contributed by atoms with Crippen LogP contribution in [0.25, 0.3) is 0 Å². The van der Waals surface area contributed by atoms with E-state index in [9.17, 15) is 4.79 Å². The minimum atomic E-state index is -0.520. The van der Waals surface area contributed by atoms with E-state index in [0.29, 0.717) is 12.4 Å². The van der Waals surface area contributed by atoms with E-state index in [1.165, 1.54) is 0 Å². The van der Waals surface area contributed by atoms with Gasteiger partial charge in [-0.1, -0.05) is 12.1 Å². The highest BCUT2D eigenvalue weighted by molar-refractivity contribution is 6.62. The number of carbonyl (C=O) groups excluding carboxylic acids is 1. The van der Waals surface area contributed by atoms with Crippen molar-refractivity contribution in [1.29, 1.82) is 0 Å². The number of hydrogen-bond donors (Lipinski definition) is 1. The Labute approximate surface area is 163 Å². The fraction of sp³-hybridized carbons (Fsp3) is 0.650. The largest absolute Gasteiger partial charge is 0.494 e. The maximum Gasteiger partial charge on any atom is 0.494 e. The number of benzene rings is 1. The molecule has 1 aliphatic heterocycles. The van der Waals surface area contributed by atoms with Crippen molar-refractivity contribution in [2.45, 2.75) is 78.2 Å². The van der Waals surface area contributed by atoms with Gasteiger partial charge in [0.25, 0.3) is 0 Å². The van der Waals surface area contributed by atoms with Gasteiger partial charge in [-0.3, -0.25) is 0 Å². The van der Waals surface area contributed by atoms with Crippen LogP contribution in [0.5, 0.6) is 5.75 Å². The fourth-order valence-electron chi connectivity index (χ4n) is 2.47. The van der Waals surface area contributed by atoms with Crippen molar-refractivity contribution < 1.29 is 23.6 Å². The van der Waals surface area contributed by atoms with Crippen LogP contribution in [0, 0.1) is 0 Å². The third-order valence-corrected chi connectivity index (χ3v) is 4.67. The molecular weight excluding hydrogens is 345 g/mol. The first-order chi connectivity index (χ1) is 12.3. The molecule has 0 aromatic heterocycles. The smallest absolute Gasteiger partial charge is 0.491 e. The number of amides is 1. The number of nitrogens with one attached hydrogen (secondary N) is 1. The van der Waals surface area contributed by atoms with Gasteiger partial charge in [-0.15, -0.1) is 0 Å². The second-order valence-corrected chi connectivity index (χ2v) is 9.02. The van der Waals surface area contributed by atoms with Crippen LogP contribution in [0.1, 0.15) is 55.4 Å². The normalized spacial score (nSPS) is 19.5. The highest BCUT2D eigenvalue weighted by Crippen LogP contribution is 2.36. The molecule has 2 rings (SSSR count). The third kappa shape index (κ3) is 5.88. The van der Waals surface area contributed by atoms with Gasteiger partial charge < -0.3 is 24.1 Å². The lowest BCUT2D eigenvalue weighted by molar-refractivity contribution is 0.00578. The molecule has 1 atom stereocenters. The standard InChI is InChI=1S/C20H32BNO5/c1-14(22-17(23)25-18(2,3)4)13-24-16-11-9-15(10-12-16)21-26-19(5,6)20(7,8)27-21/h9-12,14H,13H2,1-8H3,(H,22,23)/t14-/m1/s1. The quantitative estimate of drug-likeness (QED) is 0.798. The molecule has 0 spiro atoms. The molecule has 0 unspecified atom stereocenters. The molecule has 7 heteroatoms. The highest BCUT2D eigenvalue weighted by Gasteiger charge is 2.51. The molecular formula is C20H32BNO5. The van der Waals surface area contributed by atoms with Gasteiger partial charge in [-0.25, -0.2) is 4.79 Å². The molecule has 1 aromatic carbocycles. The second kappa shape index (κ2) is 7.72. The molecule has 6 nitrogen and oxygen atoms in total. The molecule has 1 heterocycles. The lowest BCUT2D eigenvalue weighted by Crippen LogP contribution is -2.41. The van der Waals surface area contributed by atoms with Crippen molar-refractivity contribution >= 4 is 18.7 Å². The van der Waals surface area contributed by atoms with Crippen LogP contribution >= 0.6 is 0 Å². The van der Waals surface area contributed by atoms with Crippen LogP contribution in [-0.4, -0.2) is 42.7 Å². The minimum Gasteiger partial charge on any atom is -0.491 e. The van der Waals surface area contributed by atoms with E-state index < -0.39 is 18.8 Å². The molecule has 1 aliphatic rings. The average Bonchev–Trinajstić information content (AvgIpc) is 2.72. The van der Waals surface area contributed by atoms with E-state index in [-0.39, 0.29) is 17.2 Å². The first-order valence-electron chi connectivity index (χ1n) is 9.37. The fourth-order valence-corrected chi connectivity index (χ4v) is 2.47. The Balaban J connectivity index is 1.85. The van der Waals surface area contributed by atoms with E-state index in [2.05, 4.69) is 5.32 Å². The molecule has 1 amide bonds. The van der Waals surface area contributed by atoms with E-state index in [1.807, 2.05) is 79.7 Å². The van der Waals surface area contributed by atoms with Crippen molar-refractivity contribution in [3.8, 4) is 5.75 Å². The van der Waals surface area contributed by atoms with Crippen LogP contribution in [0.4, 0.5) is 4.79 Å². The summed E-state index contributed by atoms with van der Waals surface area (Å²) in [5.41, 5.74) is -0.305. The summed E-state index contributed by atoms with van der Waals surface area (Å²) in [5.74, 6) is 0.716. The summed E-state index contributed by atoms with van der Waals surface area (Å²) < 4.78 is 23.1. The van der Waals surface area contributed by atoms with Crippen LogP contribution in [-0.2, 0) is 14.0 Å². The zero-order chi connectivity index (χ0) is 20.5. The molecule has 0 radical (unpaired) electrons. The van der Waals surface area contributed by atoms with Gasteiger partial charge >= 0.3 is 13.2 Å². The van der Waals surface area contributed by atoms with Gasteiger partial charge in [-0.05, 0) is 73.0 Å². The number of alkyl carbamates (subject to hydrolysis) is 1. The molecule has 0 bridgehead atoms. The molecule has 150 valence electrons. The monoisotopic (exact) mass is 377 g/mol. The first-order valence-corrected chi connectivity index (χ1v) is 9.37. The van der Waals surface area contributed by atoms with Crippen molar-refractivity contribution in [3.63, 3.8) is 0 Å². The SMILES string of the molecule is C[C@H](COc1ccc(B2OC(C)(C)C(C)(C)O2)cc1)NC(=O)OC(C)(C)C. The predicted octanol–water partition coefficient (Wildman–Crippen LogP) is 3.28. The Hall–Kier alpha value is -1.73. The van der Waals surface area contributed by atoms with Gasteiger partial charge in [0.15, 0.2) is 0 Å². The first kappa shape index (κ1) is 21.6. The number of hydrogen-bond acceptors (Lipinski definition) is 5. The van der Waals surface area contributed by atoms with Gasteiger partial charge in [0, 0.05) is 0 Å². The Morgan fingerprint density at radius 2 is 1.63 bits per heavy atom. The molecule has 0 aliphatic carbocycles. The summed E-state index contributed by atoms with van der Waals surface area (Å²) >= 11 is 0. The zero-order valence-corrected chi connectivity index (χ0v) is 17.7. The Morgan fingerprint density at radius 3 is 2.11 bits per heavy atom. The molecule has 0 saturated carbocycles. The summed E-state index contributed by atoms with van der Waals surface area (Å²) in [5, 5.41) is 2.75. The average molecular weight is 377 g/mol. The minimum absolute atomic E-state index is 0.178. The van der Waals surface area contributed by atoms with E-state index >= 15 is 0 Å². The summed E-state index contributed by atoms with van der Waals surface area (Å²) in [6, 6.07) is 7.44. The predicted molar refractivity (Wildman–Crippen MR) is 106 cm³/mol. The topological polar surface area (TPSA) is 66.0 Å². The lowest BCUT2D eigenvalue weighted by Gasteiger charge is -2.32. The van der Waals surface area contributed by atoms with Gasteiger partial charge in [0.2, 0.25) is 0 Å². The Bertz CT molecular complexity index is 635. The lowest BCUT2D eigenvalue weighted by atomic mass is 9.79. The number of rotatable bonds is 5. The summed E-state index contributed by atoms with van der Waals surface area (Å²) in [7, 11) is -0.392. The van der Waals surface area contributed by atoms with Crippen molar-refractivity contribution in [2.75, 3.05) is 6.61 Å². The molecule has 1 fully saturated rings. The van der Waals surface area contributed by atoms with E-state index in [1.54, 1.807) is 0 Å². The van der Waals surface area contributed by atoms with E-state index in [0.717, 1.165) is 5.46 Å². The van der Waals surface area contributed by atoms with Crippen molar-refractivity contribution in [3.05, 3.63) is 24.3 Å². The van der Waals surface area contributed by atoms with Crippen LogP contribution < -0.4 is 15.5 Å². The molecule has 1 aromatic rings. The van der Waals surface area contributed by atoms with Crippen molar-refractivity contribution in [1.82, 2.24) is 5.32 Å². The van der Waals surface area contributed by atoms with Crippen LogP contribution in [0.15, 0.2) is 24.3 Å². The van der Waals surface area contributed by atoms with Crippen LogP contribution in [0.2, 0.25) is 0 Å². The second-order valence-electron chi connectivity index (χ2n) is 9.02. The number of ether oxygens (including phenoxy) is 2. The van der Waals surface area contributed by atoms with Crippen LogP contribution in [0.3, 0.4) is 0 Å². The summed E-state index contributed by atoms with van der Waals surface area (Å²) in [4.78, 5) is 11.8. The van der Waals surface area contributed by atoms with Gasteiger partial charge in [-0.2, -0.15) is 0 Å². The zero-order valence-electron chi connectivity index (χ0n) is 17.7. The molecule has 27 heavy (non-hydrogen) atoms. The Morgan fingerprint density at radius 1 is 1.11 bits per heavy atom. The summed E-state index contributed by atoms with van der Waals surface area (Å²) in [6.45, 7) is 15.8. The van der Waals surface area contributed by atoms with Gasteiger partial charge in [0.1, 0.15) is 18.0 Å². The third-order valence-electron chi connectivity index (χ3n) is 4.67. The molecule has 1 saturated heterocycles. The number of carbonyl (C=O) groups is 1. The van der Waals surface area contributed by atoms with Gasteiger partial charge in [0.05, 0.1) is 17.2 Å². The maximum absolute atomic E-state index is 11.8. The Kier molecular flexibility index (Phi) is 6.17. The van der Waals surface area contributed by atoms with E-state index in [4.69, 9.17) is 18.8 Å². The summed E-state index contributed by atoms with van der Waals surface area (Å²) in [6.07, 6.45) is -0.449. The molecule has 1 N–H and O–H groups in total.